The Kier molecular flexibility index (Phi) is 10.1. The van der Waals surface area contributed by atoms with Crippen molar-refractivity contribution in [1.29, 1.82) is 0 Å². The molecule has 4 rings (SSSR count). The maximum Gasteiger partial charge on any atom is 0.255 e. The van der Waals surface area contributed by atoms with E-state index in [1.165, 1.54) is 0 Å². The van der Waals surface area contributed by atoms with Crippen LogP contribution >= 0.6 is 0 Å². The molecule has 0 bridgehead atoms. The van der Waals surface area contributed by atoms with Crippen LogP contribution in [0.25, 0.3) is 0 Å². The molecule has 3 aromatic carbocycles. The van der Waals surface area contributed by atoms with E-state index in [2.05, 4.69) is 15.5 Å². The van der Waals surface area contributed by atoms with Gasteiger partial charge in [0.15, 0.2) is 0 Å². The number of nitrogens with one attached hydrogen (secondary N) is 2. The highest BCUT2D eigenvalue weighted by molar-refractivity contribution is 7.89. The van der Waals surface area contributed by atoms with Crippen molar-refractivity contribution in [1.82, 2.24) is 14.5 Å². The number of carbonyl (C=O) groups excluding carboxylic acids is 2. The van der Waals surface area contributed by atoms with Gasteiger partial charge in [0.05, 0.1) is 16.1 Å². The monoisotopic (exact) mass is 564 g/mol. The second kappa shape index (κ2) is 13.7. The summed E-state index contributed by atoms with van der Waals surface area (Å²) in [5.74, 6) is -0.560. The Morgan fingerprint density at radius 3 is 2.23 bits per heavy atom. The molecule has 0 atom stereocenters. The number of rotatable bonds is 11. The molecule has 2 N–H and O–H groups in total. The molecule has 0 aliphatic carbocycles. The number of sulfonamides is 1. The van der Waals surface area contributed by atoms with E-state index >= 15 is 0 Å². The maximum atomic E-state index is 13.0. The zero-order chi connectivity index (χ0) is 28.5. The van der Waals surface area contributed by atoms with Gasteiger partial charge in [-0.2, -0.15) is 4.31 Å². The fourth-order valence-electron chi connectivity index (χ4n) is 4.51. The SMILES string of the molecule is COCCCNC(=O)c1ccccc1NC(=O)c1ccc(CN2CCN(S(=O)(=O)c3ccc(C)cc3)CC2)cc1. The Labute approximate surface area is 236 Å². The lowest BCUT2D eigenvalue weighted by atomic mass is 10.1. The predicted octanol–water partition coefficient (Wildman–Crippen LogP) is 3.52. The van der Waals surface area contributed by atoms with E-state index in [-0.39, 0.29) is 11.8 Å². The number of nitrogens with zero attached hydrogens (tertiary/aromatic N) is 2. The van der Waals surface area contributed by atoms with Crippen molar-refractivity contribution >= 4 is 27.5 Å². The van der Waals surface area contributed by atoms with Crippen LogP contribution in [0.15, 0.2) is 77.7 Å². The van der Waals surface area contributed by atoms with Gasteiger partial charge < -0.3 is 15.4 Å². The van der Waals surface area contributed by atoms with Gasteiger partial charge in [0, 0.05) is 58.5 Å². The number of ether oxygens (including phenoxy) is 1. The molecule has 10 heteroatoms. The van der Waals surface area contributed by atoms with Gasteiger partial charge in [-0.05, 0) is 55.3 Å². The van der Waals surface area contributed by atoms with Gasteiger partial charge in [-0.1, -0.05) is 42.0 Å². The number of amides is 2. The summed E-state index contributed by atoms with van der Waals surface area (Å²) in [5.41, 5.74) is 3.37. The van der Waals surface area contributed by atoms with Crippen molar-refractivity contribution in [2.45, 2.75) is 24.8 Å². The molecule has 1 fully saturated rings. The third-order valence-electron chi connectivity index (χ3n) is 6.84. The van der Waals surface area contributed by atoms with Gasteiger partial charge in [-0.3, -0.25) is 14.5 Å². The summed E-state index contributed by atoms with van der Waals surface area (Å²) in [7, 11) is -1.89. The number of carbonyl (C=O) groups is 2. The fourth-order valence-corrected chi connectivity index (χ4v) is 5.93. The van der Waals surface area contributed by atoms with Crippen LogP contribution in [0.2, 0.25) is 0 Å². The molecule has 0 radical (unpaired) electrons. The summed E-state index contributed by atoms with van der Waals surface area (Å²) in [6.45, 7) is 5.73. The minimum Gasteiger partial charge on any atom is -0.385 e. The minimum atomic E-state index is -3.50. The molecular weight excluding hydrogens is 528 g/mol. The summed E-state index contributed by atoms with van der Waals surface area (Å²) in [6.07, 6.45) is 0.700. The minimum absolute atomic E-state index is 0.255. The van der Waals surface area contributed by atoms with Crippen LogP contribution in [0.3, 0.4) is 0 Å². The summed E-state index contributed by atoms with van der Waals surface area (Å²) in [4.78, 5) is 28.0. The second-order valence-corrected chi connectivity index (χ2v) is 11.7. The number of hydrogen-bond donors (Lipinski definition) is 2. The van der Waals surface area contributed by atoms with E-state index in [1.54, 1.807) is 59.9 Å². The lowest BCUT2D eigenvalue weighted by Crippen LogP contribution is -2.48. The normalized spacial score (nSPS) is 14.6. The number of aryl methyl sites for hydroxylation is 1. The molecule has 0 saturated carbocycles. The van der Waals surface area contributed by atoms with E-state index in [4.69, 9.17) is 4.74 Å². The first-order chi connectivity index (χ1) is 19.3. The molecule has 9 nitrogen and oxygen atoms in total. The molecule has 1 heterocycles. The highest BCUT2D eigenvalue weighted by Gasteiger charge is 2.28. The van der Waals surface area contributed by atoms with Crippen molar-refractivity contribution < 1.29 is 22.7 Å². The predicted molar refractivity (Wildman–Crippen MR) is 155 cm³/mol. The first-order valence-corrected chi connectivity index (χ1v) is 14.8. The van der Waals surface area contributed by atoms with Crippen molar-refractivity contribution in [3.05, 3.63) is 95.1 Å². The molecule has 1 aliphatic rings. The third-order valence-corrected chi connectivity index (χ3v) is 8.76. The lowest BCUT2D eigenvalue weighted by molar-refractivity contribution is 0.0949. The van der Waals surface area contributed by atoms with E-state index in [0.717, 1.165) is 11.1 Å². The fraction of sp³-hybridized carbons (Fsp3) is 0.333. The number of hydrogen-bond acceptors (Lipinski definition) is 6. The number of piperazine rings is 1. The highest BCUT2D eigenvalue weighted by Crippen LogP contribution is 2.20. The van der Waals surface area contributed by atoms with Gasteiger partial charge in [-0.15, -0.1) is 0 Å². The highest BCUT2D eigenvalue weighted by atomic mass is 32.2. The molecule has 0 spiro atoms. The number of anilines is 1. The molecule has 0 unspecified atom stereocenters. The Balaban J connectivity index is 1.30. The summed E-state index contributed by atoms with van der Waals surface area (Å²) >= 11 is 0. The Hall–Kier alpha value is -3.57. The van der Waals surface area contributed by atoms with Gasteiger partial charge in [0.1, 0.15) is 0 Å². The zero-order valence-electron chi connectivity index (χ0n) is 22.9. The Bertz CT molecular complexity index is 1400. The molecule has 212 valence electrons. The van der Waals surface area contributed by atoms with E-state index in [0.29, 0.717) is 74.0 Å². The van der Waals surface area contributed by atoms with E-state index in [1.807, 2.05) is 31.2 Å². The largest absolute Gasteiger partial charge is 0.385 e. The van der Waals surface area contributed by atoms with Crippen LogP contribution < -0.4 is 10.6 Å². The second-order valence-electron chi connectivity index (χ2n) is 9.79. The van der Waals surface area contributed by atoms with E-state index < -0.39 is 10.0 Å². The van der Waals surface area contributed by atoms with Crippen LogP contribution in [0.5, 0.6) is 0 Å². The molecular formula is C30H36N4O5S. The first kappa shape index (κ1) is 29.4. The van der Waals surface area contributed by atoms with Crippen molar-refractivity contribution in [3.8, 4) is 0 Å². The summed E-state index contributed by atoms with van der Waals surface area (Å²) < 4.78 is 32.5. The summed E-state index contributed by atoms with van der Waals surface area (Å²) in [6, 6.07) is 21.2. The number of benzene rings is 3. The summed E-state index contributed by atoms with van der Waals surface area (Å²) in [5, 5.41) is 5.69. The third kappa shape index (κ3) is 7.54. The zero-order valence-corrected chi connectivity index (χ0v) is 23.7. The molecule has 0 aromatic heterocycles. The maximum absolute atomic E-state index is 13.0. The average molecular weight is 565 g/mol. The van der Waals surface area contributed by atoms with Crippen LogP contribution in [-0.2, 0) is 21.3 Å². The lowest BCUT2D eigenvalue weighted by Gasteiger charge is -2.34. The van der Waals surface area contributed by atoms with Crippen LogP contribution in [0, 0.1) is 6.92 Å². The number of para-hydroxylation sites is 1. The van der Waals surface area contributed by atoms with E-state index in [9.17, 15) is 18.0 Å². The number of methoxy groups -OCH3 is 1. The first-order valence-electron chi connectivity index (χ1n) is 13.3. The molecule has 3 aromatic rings. The molecule has 2 amide bonds. The molecule has 1 saturated heterocycles. The average Bonchev–Trinajstić information content (AvgIpc) is 2.96. The van der Waals surface area contributed by atoms with Crippen LogP contribution in [0.4, 0.5) is 5.69 Å². The van der Waals surface area contributed by atoms with Crippen molar-refractivity contribution in [2.75, 3.05) is 51.8 Å². The van der Waals surface area contributed by atoms with Crippen molar-refractivity contribution in [3.63, 3.8) is 0 Å². The van der Waals surface area contributed by atoms with Crippen molar-refractivity contribution in [2.24, 2.45) is 0 Å². The van der Waals surface area contributed by atoms with Crippen LogP contribution in [0.1, 0.15) is 38.3 Å². The smallest absolute Gasteiger partial charge is 0.255 e. The Morgan fingerprint density at radius 1 is 0.875 bits per heavy atom. The van der Waals surface area contributed by atoms with Gasteiger partial charge in [0.2, 0.25) is 10.0 Å². The van der Waals surface area contributed by atoms with Gasteiger partial charge >= 0.3 is 0 Å². The molecule has 1 aliphatic heterocycles. The Morgan fingerprint density at radius 2 is 1.55 bits per heavy atom. The standard InChI is InChI=1S/C30H36N4O5S/c1-23-8-14-26(15-9-23)40(37,38)34-19-17-33(18-20-34)22-24-10-12-25(13-11-24)29(35)32-28-7-4-3-6-27(28)30(36)31-16-5-21-39-2/h3-4,6-15H,5,16-22H2,1-2H3,(H,31,36)(H,32,35). The quantitative estimate of drug-likeness (QED) is 0.345. The van der Waals surface area contributed by atoms with Crippen LogP contribution in [-0.4, -0.2) is 75.9 Å². The van der Waals surface area contributed by atoms with Gasteiger partial charge in [-0.25, -0.2) is 8.42 Å². The van der Waals surface area contributed by atoms with Gasteiger partial charge in [0.25, 0.3) is 11.8 Å². The molecule has 40 heavy (non-hydrogen) atoms. The topological polar surface area (TPSA) is 108 Å².